The topological polar surface area (TPSA) is 66.5 Å². The lowest BCUT2D eigenvalue weighted by molar-refractivity contribution is -0.121. The van der Waals surface area contributed by atoms with Gasteiger partial charge in [0.15, 0.2) is 0 Å². The third-order valence-corrected chi connectivity index (χ3v) is 4.77. The SMILES string of the molecule is CCN(CC(=O)NCC(C)C)S(=O)(=O)c1ccc(F)cc1. The number of benzene rings is 1. The molecule has 0 aliphatic carbocycles. The number of hydrogen-bond acceptors (Lipinski definition) is 3. The average molecular weight is 316 g/mol. The second-order valence-electron chi connectivity index (χ2n) is 5.08. The number of rotatable bonds is 7. The first-order valence-electron chi connectivity index (χ1n) is 6.79. The van der Waals surface area contributed by atoms with Crippen molar-refractivity contribution in [2.24, 2.45) is 5.92 Å². The summed E-state index contributed by atoms with van der Waals surface area (Å²) in [5, 5.41) is 2.67. The summed E-state index contributed by atoms with van der Waals surface area (Å²) in [6.07, 6.45) is 0. The van der Waals surface area contributed by atoms with Gasteiger partial charge in [0.25, 0.3) is 0 Å². The number of hydrogen-bond donors (Lipinski definition) is 1. The smallest absolute Gasteiger partial charge is 0.243 e. The Balaban J connectivity index is 2.83. The third kappa shape index (κ3) is 5.09. The molecular formula is C14H21FN2O3S. The minimum Gasteiger partial charge on any atom is -0.355 e. The van der Waals surface area contributed by atoms with Crippen molar-refractivity contribution in [3.8, 4) is 0 Å². The molecule has 0 spiro atoms. The van der Waals surface area contributed by atoms with Crippen molar-refractivity contribution in [1.29, 1.82) is 0 Å². The Bertz CT molecular complexity index is 570. The molecule has 0 unspecified atom stereocenters. The fourth-order valence-corrected chi connectivity index (χ4v) is 3.06. The van der Waals surface area contributed by atoms with E-state index < -0.39 is 15.8 Å². The van der Waals surface area contributed by atoms with Crippen LogP contribution in [-0.4, -0.2) is 38.3 Å². The predicted molar refractivity (Wildman–Crippen MR) is 78.7 cm³/mol. The van der Waals surface area contributed by atoms with Crippen molar-refractivity contribution < 1.29 is 17.6 Å². The number of carbonyl (C=O) groups is 1. The van der Waals surface area contributed by atoms with E-state index in [4.69, 9.17) is 0 Å². The van der Waals surface area contributed by atoms with Crippen LogP contribution in [0.4, 0.5) is 4.39 Å². The summed E-state index contributed by atoms with van der Waals surface area (Å²) in [6, 6.07) is 4.55. The van der Waals surface area contributed by atoms with Gasteiger partial charge >= 0.3 is 0 Å². The largest absolute Gasteiger partial charge is 0.355 e. The van der Waals surface area contributed by atoms with E-state index in [1.807, 2.05) is 13.8 Å². The van der Waals surface area contributed by atoms with Gasteiger partial charge < -0.3 is 5.32 Å². The molecule has 1 aromatic carbocycles. The minimum absolute atomic E-state index is 0.0255. The Morgan fingerprint density at radius 2 is 1.86 bits per heavy atom. The molecule has 0 aliphatic heterocycles. The molecule has 0 radical (unpaired) electrons. The zero-order valence-corrected chi connectivity index (χ0v) is 13.3. The van der Waals surface area contributed by atoms with E-state index in [0.29, 0.717) is 6.54 Å². The van der Waals surface area contributed by atoms with Gasteiger partial charge in [0.2, 0.25) is 15.9 Å². The van der Waals surface area contributed by atoms with Crippen LogP contribution in [0.3, 0.4) is 0 Å². The van der Waals surface area contributed by atoms with E-state index in [2.05, 4.69) is 5.32 Å². The summed E-state index contributed by atoms with van der Waals surface area (Å²) in [5.41, 5.74) is 0. The van der Waals surface area contributed by atoms with Gasteiger partial charge in [-0.1, -0.05) is 20.8 Å². The van der Waals surface area contributed by atoms with Crippen LogP contribution in [0.5, 0.6) is 0 Å². The van der Waals surface area contributed by atoms with E-state index >= 15 is 0 Å². The second kappa shape index (κ2) is 7.51. The number of nitrogens with one attached hydrogen (secondary N) is 1. The monoisotopic (exact) mass is 316 g/mol. The fourth-order valence-electron chi connectivity index (χ4n) is 1.66. The van der Waals surface area contributed by atoms with Crippen LogP contribution in [-0.2, 0) is 14.8 Å². The lowest BCUT2D eigenvalue weighted by Crippen LogP contribution is -2.41. The molecule has 0 heterocycles. The first-order chi connectivity index (χ1) is 9.77. The summed E-state index contributed by atoms with van der Waals surface area (Å²) >= 11 is 0. The quantitative estimate of drug-likeness (QED) is 0.831. The van der Waals surface area contributed by atoms with Gasteiger partial charge in [-0.05, 0) is 30.2 Å². The summed E-state index contributed by atoms with van der Waals surface area (Å²) in [6.45, 7) is 5.96. The first kappa shape index (κ1) is 17.6. The highest BCUT2D eigenvalue weighted by Crippen LogP contribution is 2.15. The van der Waals surface area contributed by atoms with Crippen LogP contribution in [0, 0.1) is 11.7 Å². The minimum atomic E-state index is -3.80. The van der Waals surface area contributed by atoms with Crippen LogP contribution >= 0.6 is 0 Å². The van der Waals surface area contributed by atoms with Crippen LogP contribution in [0.25, 0.3) is 0 Å². The summed E-state index contributed by atoms with van der Waals surface area (Å²) in [5.74, 6) is -0.569. The molecule has 0 atom stereocenters. The maximum absolute atomic E-state index is 12.9. The van der Waals surface area contributed by atoms with Crippen LogP contribution < -0.4 is 5.32 Å². The molecule has 21 heavy (non-hydrogen) atoms. The molecule has 0 saturated carbocycles. The average Bonchev–Trinajstić information content (AvgIpc) is 2.42. The molecule has 1 rings (SSSR count). The standard InChI is InChI=1S/C14H21FN2O3S/c1-4-17(10-14(18)16-9-11(2)3)21(19,20)13-7-5-12(15)6-8-13/h5-8,11H,4,9-10H2,1-3H3,(H,16,18). The maximum atomic E-state index is 12.9. The Morgan fingerprint density at radius 3 is 2.33 bits per heavy atom. The second-order valence-corrected chi connectivity index (χ2v) is 7.02. The van der Waals surface area contributed by atoms with Gasteiger partial charge in [0, 0.05) is 13.1 Å². The molecule has 118 valence electrons. The zero-order chi connectivity index (χ0) is 16.0. The van der Waals surface area contributed by atoms with Crippen molar-refractivity contribution in [3.05, 3.63) is 30.1 Å². The Labute approximate surface area is 125 Å². The highest BCUT2D eigenvalue weighted by molar-refractivity contribution is 7.89. The van der Waals surface area contributed by atoms with Gasteiger partial charge in [-0.25, -0.2) is 12.8 Å². The molecule has 0 bridgehead atoms. The van der Waals surface area contributed by atoms with Gasteiger partial charge in [-0.3, -0.25) is 4.79 Å². The first-order valence-corrected chi connectivity index (χ1v) is 8.23. The maximum Gasteiger partial charge on any atom is 0.243 e. The van der Waals surface area contributed by atoms with E-state index in [1.165, 1.54) is 12.1 Å². The van der Waals surface area contributed by atoms with E-state index in [1.54, 1.807) is 6.92 Å². The van der Waals surface area contributed by atoms with Gasteiger partial charge in [-0.2, -0.15) is 4.31 Å². The molecule has 0 aromatic heterocycles. The summed E-state index contributed by atoms with van der Waals surface area (Å²) in [4.78, 5) is 11.7. The van der Waals surface area contributed by atoms with Crippen molar-refractivity contribution in [1.82, 2.24) is 9.62 Å². The lowest BCUT2D eigenvalue weighted by Gasteiger charge is -2.20. The van der Waals surface area contributed by atoms with Crippen molar-refractivity contribution in [3.63, 3.8) is 0 Å². The van der Waals surface area contributed by atoms with Crippen LogP contribution in [0.1, 0.15) is 20.8 Å². The molecule has 0 aliphatic rings. The lowest BCUT2D eigenvalue weighted by atomic mass is 10.2. The molecule has 1 amide bonds. The van der Waals surface area contributed by atoms with E-state index in [9.17, 15) is 17.6 Å². The van der Waals surface area contributed by atoms with Crippen molar-refractivity contribution in [2.75, 3.05) is 19.6 Å². The Kier molecular flexibility index (Phi) is 6.29. The number of sulfonamides is 1. The number of carbonyl (C=O) groups excluding carboxylic acids is 1. The molecular weight excluding hydrogens is 295 g/mol. The predicted octanol–water partition coefficient (Wildman–Crippen LogP) is 1.61. The molecule has 0 fully saturated rings. The van der Waals surface area contributed by atoms with E-state index in [-0.39, 0.29) is 29.8 Å². The molecule has 0 saturated heterocycles. The van der Waals surface area contributed by atoms with Crippen LogP contribution in [0.15, 0.2) is 29.2 Å². The summed E-state index contributed by atoms with van der Waals surface area (Å²) < 4.78 is 38.7. The van der Waals surface area contributed by atoms with Crippen molar-refractivity contribution in [2.45, 2.75) is 25.7 Å². The summed E-state index contributed by atoms with van der Waals surface area (Å²) in [7, 11) is -3.80. The number of amides is 1. The van der Waals surface area contributed by atoms with Gasteiger partial charge in [0.1, 0.15) is 5.82 Å². The number of halogens is 1. The van der Waals surface area contributed by atoms with Gasteiger partial charge in [0.05, 0.1) is 11.4 Å². The molecule has 1 aromatic rings. The van der Waals surface area contributed by atoms with Gasteiger partial charge in [-0.15, -0.1) is 0 Å². The molecule has 7 heteroatoms. The number of likely N-dealkylation sites (N-methyl/N-ethyl adjacent to an activating group) is 1. The Hall–Kier alpha value is -1.47. The Morgan fingerprint density at radius 1 is 1.29 bits per heavy atom. The van der Waals surface area contributed by atoms with Crippen molar-refractivity contribution >= 4 is 15.9 Å². The van der Waals surface area contributed by atoms with Crippen LogP contribution in [0.2, 0.25) is 0 Å². The number of nitrogens with zero attached hydrogens (tertiary/aromatic N) is 1. The molecule has 5 nitrogen and oxygen atoms in total. The fraction of sp³-hybridized carbons (Fsp3) is 0.500. The van der Waals surface area contributed by atoms with E-state index in [0.717, 1.165) is 16.4 Å². The highest BCUT2D eigenvalue weighted by atomic mass is 32.2. The highest BCUT2D eigenvalue weighted by Gasteiger charge is 2.25. The third-order valence-electron chi connectivity index (χ3n) is 2.83. The zero-order valence-electron chi connectivity index (χ0n) is 12.5. The normalized spacial score (nSPS) is 11.9. The molecule has 1 N–H and O–H groups in total.